The lowest BCUT2D eigenvalue weighted by molar-refractivity contribution is 0.241. The Bertz CT molecular complexity index is 753. The van der Waals surface area contributed by atoms with Crippen LogP contribution in [0.2, 0.25) is 0 Å². The normalized spacial score (nSPS) is 14.7. The van der Waals surface area contributed by atoms with Crippen LogP contribution in [0.3, 0.4) is 0 Å². The molecule has 0 fully saturated rings. The first-order valence-corrected chi connectivity index (χ1v) is 8.41. The number of hydrogen-bond acceptors (Lipinski definition) is 4. The fourth-order valence-corrected chi connectivity index (χ4v) is 3.52. The van der Waals surface area contributed by atoms with E-state index in [1.807, 2.05) is 12.3 Å². The average molecular weight is 307 g/mol. The standard InChI is InChI=1S/C18H17N3S/c1-2-5-14(6-3-1)12-21-9-8-15-11-19-18(20-16(15)13-21)17-7-4-10-22-17/h1-7,10-11H,8-9,12-13H2. The molecule has 0 aliphatic carbocycles. The van der Waals surface area contributed by atoms with Gasteiger partial charge in [0.05, 0.1) is 10.6 Å². The molecule has 4 heteroatoms. The minimum atomic E-state index is 0.857. The zero-order valence-electron chi connectivity index (χ0n) is 12.3. The Kier molecular flexibility index (Phi) is 3.70. The third-order valence-corrected chi connectivity index (χ3v) is 4.88. The van der Waals surface area contributed by atoms with Gasteiger partial charge in [-0.05, 0) is 29.0 Å². The van der Waals surface area contributed by atoms with Crippen LogP contribution in [-0.2, 0) is 19.5 Å². The maximum Gasteiger partial charge on any atom is 0.169 e. The van der Waals surface area contributed by atoms with Crippen LogP contribution in [0.4, 0.5) is 0 Å². The van der Waals surface area contributed by atoms with Crippen molar-refractivity contribution >= 4 is 11.3 Å². The van der Waals surface area contributed by atoms with Crippen molar-refractivity contribution in [2.24, 2.45) is 0 Å². The van der Waals surface area contributed by atoms with E-state index in [2.05, 4.69) is 51.7 Å². The summed E-state index contributed by atoms with van der Waals surface area (Å²) in [6.45, 7) is 2.97. The van der Waals surface area contributed by atoms with Crippen LogP contribution in [0.15, 0.2) is 54.0 Å². The Morgan fingerprint density at radius 2 is 2.00 bits per heavy atom. The highest BCUT2D eigenvalue weighted by Gasteiger charge is 2.19. The molecule has 4 rings (SSSR count). The van der Waals surface area contributed by atoms with Gasteiger partial charge in [-0.2, -0.15) is 0 Å². The number of rotatable bonds is 3. The molecular weight excluding hydrogens is 290 g/mol. The van der Waals surface area contributed by atoms with Gasteiger partial charge < -0.3 is 0 Å². The number of hydrogen-bond donors (Lipinski definition) is 0. The number of nitrogens with zero attached hydrogens (tertiary/aromatic N) is 3. The quantitative estimate of drug-likeness (QED) is 0.737. The molecule has 3 nitrogen and oxygen atoms in total. The monoisotopic (exact) mass is 307 g/mol. The van der Waals surface area contributed by atoms with Crippen molar-refractivity contribution in [3.63, 3.8) is 0 Å². The van der Waals surface area contributed by atoms with Crippen LogP contribution in [0.5, 0.6) is 0 Å². The molecule has 0 bridgehead atoms. The Labute approximate surface area is 134 Å². The zero-order chi connectivity index (χ0) is 14.8. The topological polar surface area (TPSA) is 29.0 Å². The van der Waals surface area contributed by atoms with E-state index in [1.54, 1.807) is 11.3 Å². The van der Waals surface area contributed by atoms with Crippen LogP contribution < -0.4 is 0 Å². The zero-order valence-corrected chi connectivity index (χ0v) is 13.1. The molecule has 3 aromatic rings. The van der Waals surface area contributed by atoms with Crippen molar-refractivity contribution in [2.45, 2.75) is 19.5 Å². The second-order valence-electron chi connectivity index (χ2n) is 5.59. The average Bonchev–Trinajstić information content (AvgIpc) is 3.10. The highest BCUT2D eigenvalue weighted by Crippen LogP contribution is 2.24. The fourth-order valence-electron chi connectivity index (χ4n) is 2.86. The first-order chi connectivity index (χ1) is 10.9. The Morgan fingerprint density at radius 1 is 1.09 bits per heavy atom. The largest absolute Gasteiger partial charge is 0.293 e. The molecule has 0 amide bonds. The Balaban J connectivity index is 1.55. The summed E-state index contributed by atoms with van der Waals surface area (Å²) in [4.78, 5) is 12.9. The van der Waals surface area contributed by atoms with Gasteiger partial charge in [0.15, 0.2) is 5.82 Å². The van der Waals surface area contributed by atoms with Crippen molar-refractivity contribution in [1.29, 1.82) is 0 Å². The van der Waals surface area contributed by atoms with E-state index in [9.17, 15) is 0 Å². The summed E-state index contributed by atoms with van der Waals surface area (Å²) in [6.07, 6.45) is 3.05. The maximum atomic E-state index is 4.81. The Morgan fingerprint density at radius 3 is 2.82 bits per heavy atom. The molecule has 0 N–H and O–H groups in total. The van der Waals surface area contributed by atoms with Crippen LogP contribution in [0, 0.1) is 0 Å². The molecule has 0 atom stereocenters. The summed E-state index contributed by atoms with van der Waals surface area (Å²) < 4.78 is 0. The molecule has 2 aromatic heterocycles. The lowest BCUT2D eigenvalue weighted by Gasteiger charge is -2.27. The second-order valence-corrected chi connectivity index (χ2v) is 6.54. The van der Waals surface area contributed by atoms with Gasteiger partial charge in [0.25, 0.3) is 0 Å². The summed E-state index contributed by atoms with van der Waals surface area (Å²) in [7, 11) is 0. The molecule has 0 saturated carbocycles. The lowest BCUT2D eigenvalue weighted by Crippen LogP contribution is -2.31. The number of fused-ring (bicyclic) bond motifs is 1. The third kappa shape index (κ3) is 2.80. The number of aromatic nitrogens is 2. The molecule has 0 saturated heterocycles. The lowest BCUT2D eigenvalue weighted by atomic mass is 10.1. The van der Waals surface area contributed by atoms with Crippen LogP contribution in [-0.4, -0.2) is 21.4 Å². The summed E-state index contributed by atoms with van der Waals surface area (Å²) in [5.41, 5.74) is 3.84. The summed E-state index contributed by atoms with van der Waals surface area (Å²) in [5, 5.41) is 2.07. The molecule has 1 aliphatic rings. The van der Waals surface area contributed by atoms with Crippen molar-refractivity contribution in [1.82, 2.24) is 14.9 Å². The molecule has 3 heterocycles. The van der Waals surface area contributed by atoms with Gasteiger partial charge in [-0.15, -0.1) is 11.3 Å². The smallest absolute Gasteiger partial charge is 0.169 e. The highest BCUT2D eigenvalue weighted by atomic mass is 32.1. The first kappa shape index (κ1) is 13.6. The molecule has 0 unspecified atom stereocenters. The van der Waals surface area contributed by atoms with Crippen molar-refractivity contribution in [3.8, 4) is 10.7 Å². The van der Waals surface area contributed by atoms with E-state index in [1.165, 1.54) is 16.8 Å². The van der Waals surface area contributed by atoms with Gasteiger partial charge in [0.1, 0.15) is 0 Å². The van der Waals surface area contributed by atoms with Crippen molar-refractivity contribution < 1.29 is 0 Å². The first-order valence-electron chi connectivity index (χ1n) is 7.53. The van der Waals surface area contributed by atoms with Gasteiger partial charge in [-0.3, -0.25) is 4.90 Å². The summed E-state index contributed by atoms with van der Waals surface area (Å²) in [5.74, 6) is 0.857. The van der Waals surface area contributed by atoms with Crippen molar-refractivity contribution in [3.05, 3.63) is 70.9 Å². The SMILES string of the molecule is c1ccc(CN2CCc3cnc(-c4cccs4)nc3C2)cc1. The fraction of sp³-hybridized carbons (Fsp3) is 0.222. The van der Waals surface area contributed by atoms with E-state index in [0.717, 1.165) is 36.8 Å². The second kappa shape index (κ2) is 5.99. The van der Waals surface area contributed by atoms with E-state index < -0.39 is 0 Å². The van der Waals surface area contributed by atoms with Crippen LogP contribution in [0.25, 0.3) is 10.7 Å². The minimum absolute atomic E-state index is 0.857. The molecule has 1 aliphatic heterocycles. The molecule has 0 radical (unpaired) electrons. The number of benzene rings is 1. The van der Waals surface area contributed by atoms with Crippen molar-refractivity contribution in [2.75, 3.05) is 6.54 Å². The molecule has 1 aromatic carbocycles. The minimum Gasteiger partial charge on any atom is -0.293 e. The van der Waals surface area contributed by atoms with Gasteiger partial charge in [-0.25, -0.2) is 9.97 Å². The van der Waals surface area contributed by atoms with Gasteiger partial charge in [0, 0.05) is 25.8 Å². The van der Waals surface area contributed by atoms with Gasteiger partial charge in [0.2, 0.25) is 0 Å². The van der Waals surface area contributed by atoms with Crippen LogP contribution in [0.1, 0.15) is 16.8 Å². The highest BCUT2D eigenvalue weighted by molar-refractivity contribution is 7.13. The molecule has 22 heavy (non-hydrogen) atoms. The van der Waals surface area contributed by atoms with E-state index in [4.69, 9.17) is 4.98 Å². The predicted octanol–water partition coefficient (Wildman–Crippen LogP) is 3.76. The Hall–Kier alpha value is -2.04. The number of thiophene rings is 1. The predicted molar refractivity (Wildman–Crippen MR) is 89.6 cm³/mol. The maximum absolute atomic E-state index is 4.81. The van der Waals surface area contributed by atoms with Gasteiger partial charge >= 0.3 is 0 Å². The summed E-state index contributed by atoms with van der Waals surface area (Å²) in [6, 6.07) is 14.8. The van der Waals surface area contributed by atoms with Crippen LogP contribution >= 0.6 is 11.3 Å². The summed E-state index contributed by atoms with van der Waals surface area (Å²) >= 11 is 1.69. The molecule has 110 valence electrons. The van der Waals surface area contributed by atoms with E-state index >= 15 is 0 Å². The molecular formula is C18H17N3S. The van der Waals surface area contributed by atoms with E-state index in [-0.39, 0.29) is 0 Å². The third-order valence-electron chi connectivity index (χ3n) is 4.02. The van der Waals surface area contributed by atoms with E-state index in [0.29, 0.717) is 0 Å². The molecule has 0 spiro atoms. The van der Waals surface area contributed by atoms with Gasteiger partial charge in [-0.1, -0.05) is 36.4 Å².